The van der Waals surface area contributed by atoms with Crippen LogP contribution >= 0.6 is 0 Å². The zero-order valence-corrected chi connectivity index (χ0v) is 20.1. The molecule has 0 spiro atoms. The van der Waals surface area contributed by atoms with E-state index in [2.05, 4.69) is 29.4 Å². The summed E-state index contributed by atoms with van der Waals surface area (Å²) < 4.78 is 5.86. The summed E-state index contributed by atoms with van der Waals surface area (Å²) in [5.41, 5.74) is 1.78. The van der Waals surface area contributed by atoms with Gasteiger partial charge in [0.1, 0.15) is 12.4 Å². The number of ether oxygens (including phenoxy) is 1. The van der Waals surface area contributed by atoms with Crippen LogP contribution in [-0.2, 0) is 11.4 Å². The molecule has 0 saturated carbocycles. The van der Waals surface area contributed by atoms with Crippen molar-refractivity contribution in [2.45, 2.75) is 32.5 Å². The third-order valence-electron chi connectivity index (χ3n) is 6.45. The zero-order chi connectivity index (χ0) is 23.9. The lowest BCUT2D eigenvalue weighted by molar-refractivity contribution is -0.136. The molecule has 182 valence electrons. The normalized spacial score (nSPS) is 19.2. The maximum absolute atomic E-state index is 13.0. The first kappa shape index (κ1) is 24.0. The minimum atomic E-state index is -0.171. The van der Waals surface area contributed by atoms with Crippen LogP contribution in [-0.4, -0.2) is 84.5 Å². The predicted molar refractivity (Wildman–Crippen MR) is 133 cm³/mol. The first-order valence-corrected chi connectivity index (χ1v) is 12.1. The van der Waals surface area contributed by atoms with Crippen LogP contribution in [0.15, 0.2) is 54.6 Å². The Balaban J connectivity index is 1.25. The largest absolute Gasteiger partial charge is 0.489 e. The van der Waals surface area contributed by atoms with Crippen LogP contribution in [0.2, 0.25) is 0 Å². The van der Waals surface area contributed by atoms with Gasteiger partial charge in [0.05, 0.1) is 6.04 Å². The number of piperazine rings is 2. The van der Waals surface area contributed by atoms with Crippen LogP contribution in [0.1, 0.15) is 19.4 Å². The fraction of sp³-hybridized carbons (Fsp3) is 0.462. The molecule has 3 amide bonds. The van der Waals surface area contributed by atoms with Crippen molar-refractivity contribution >= 4 is 17.6 Å². The first-order chi connectivity index (χ1) is 16.5. The average molecular weight is 466 g/mol. The molecule has 0 aromatic heterocycles. The van der Waals surface area contributed by atoms with Crippen LogP contribution in [0.5, 0.6) is 5.75 Å². The number of hydrogen-bond donors (Lipinski definition) is 2. The quantitative estimate of drug-likeness (QED) is 0.686. The number of benzene rings is 2. The highest BCUT2D eigenvalue weighted by Gasteiger charge is 2.32. The molecule has 1 atom stereocenters. The maximum Gasteiger partial charge on any atom is 0.321 e. The molecule has 8 heteroatoms. The van der Waals surface area contributed by atoms with E-state index in [9.17, 15) is 9.59 Å². The highest BCUT2D eigenvalue weighted by atomic mass is 16.5. The lowest BCUT2D eigenvalue weighted by atomic mass is 10.1. The molecule has 2 aromatic carbocycles. The summed E-state index contributed by atoms with van der Waals surface area (Å²) >= 11 is 0. The molecule has 2 aromatic rings. The smallest absolute Gasteiger partial charge is 0.321 e. The maximum atomic E-state index is 13.0. The molecule has 0 radical (unpaired) electrons. The minimum absolute atomic E-state index is 0.133. The number of amides is 3. The molecule has 0 aliphatic carbocycles. The fourth-order valence-corrected chi connectivity index (χ4v) is 4.36. The van der Waals surface area contributed by atoms with E-state index >= 15 is 0 Å². The lowest BCUT2D eigenvalue weighted by Gasteiger charge is -2.40. The van der Waals surface area contributed by atoms with E-state index in [0.717, 1.165) is 25.2 Å². The van der Waals surface area contributed by atoms with E-state index < -0.39 is 0 Å². The summed E-state index contributed by atoms with van der Waals surface area (Å²) in [6, 6.07) is 17.5. The summed E-state index contributed by atoms with van der Waals surface area (Å²) in [4.78, 5) is 31.8. The van der Waals surface area contributed by atoms with Crippen molar-refractivity contribution in [2.75, 3.05) is 51.1 Å². The number of carbonyl (C=O) groups excluding carboxylic acids is 2. The Kier molecular flexibility index (Phi) is 8.03. The third-order valence-corrected chi connectivity index (χ3v) is 6.45. The second-order valence-corrected chi connectivity index (χ2v) is 9.14. The SMILES string of the molecule is CC(C)N1CCN[C@@H](C(=O)N2CCN(C(=O)Nc3cccc(OCc4ccccc4)c3)CC2)C1. The van der Waals surface area contributed by atoms with Gasteiger partial charge in [0, 0.05) is 63.6 Å². The zero-order valence-electron chi connectivity index (χ0n) is 20.1. The lowest BCUT2D eigenvalue weighted by Crippen LogP contribution is -2.61. The van der Waals surface area contributed by atoms with Crippen LogP contribution in [0.25, 0.3) is 0 Å². The second kappa shape index (κ2) is 11.4. The summed E-state index contributed by atoms with van der Waals surface area (Å²) in [5.74, 6) is 0.834. The molecule has 2 N–H and O–H groups in total. The van der Waals surface area contributed by atoms with Gasteiger partial charge < -0.3 is 25.2 Å². The van der Waals surface area contributed by atoms with Gasteiger partial charge in [-0.25, -0.2) is 4.79 Å². The van der Waals surface area contributed by atoms with Gasteiger partial charge >= 0.3 is 6.03 Å². The van der Waals surface area contributed by atoms with Gasteiger partial charge in [-0.15, -0.1) is 0 Å². The Labute approximate surface area is 201 Å². The Morgan fingerprint density at radius 1 is 1.00 bits per heavy atom. The van der Waals surface area contributed by atoms with Gasteiger partial charge in [-0.3, -0.25) is 9.69 Å². The van der Waals surface area contributed by atoms with Crippen LogP contribution in [0.3, 0.4) is 0 Å². The molecule has 4 rings (SSSR count). The second-order valence-electron chi connectivity index (χ2n) is 9.14. The van der Waals surface area contributed by atoms with Gasteiger partial charge in [-0.05, 0) is 31.5 Å². The average Bonchev–Trinajstić information content (AvgIpc) is 2.88. The number of anilines is 1. The van der Waals surface area contributed by atoms with Gasteiger partial charge in [0.15, 0.2) is 0 Å². The van der Waals surface area contributed by atoms with Crippen molar-refractivity contribution < 1.29 is 14.3 Å². The molecular weight excluding hydrogens is 430 g/mol. The summed E-state index contributed by atoms with van der Waals surface area (Å²) in [5, 5.41) is 6.32. The number of carbonyl (C=O) groups is 2. The first-order valence-electron chi connectivity index (χ1n) is 12.1. The Morgan fingerprint density at radius 2 is 1.74 bits per heavy atom. The van der Waals surface area contributed by atoms with Crippen LogP contribution in [0, 0.1) is 0 Å². The molecular formula is C26H35N5O3. The minimum Gasteiger partial charge on any atom is -0.489 e. The molecule has 0 bridgehead atoms. The summed E-state index contributed by atoms with van der Waals surface area (Å²) in [7, 11) is 0. The van der Waals surface area contributed by atoms with Crippen molar-refractivity contribution in [3.8, 4) is 5.75 Å². The monoisotopic (exact) mass is 465 g/mol. The van der Waals surface area contributed by atoms with E-state index in [0.29, 0.717) is 50.3 Å². The van der Waals surface area contributed by atoms with Crippen molar-refractivity contribution in [1.29, 1.82) is 0 Å². The van der Waals surface area contributed by atoms with Gasteiger partial charge in [-0.2, -0.15) is 0 Å². The van der Waals surface area contributed by atoms with Crippen molar-refractivity contribution in [2.24, 2.45) is 0 Å². The van der Waals surface area contributed by atoms with E-state index in [1.165, 1.54) is 0 Å². The van der Waals surface area contributed by atoms with Crippen LogP contribution < -0.4 is 15.4 Å². The number of nitrogens with zero attached hydrogens (tertiary/aromatic N) is 3. The molecule has 34 heavy (non-hydrogen) atoms. The predicted octanol–water partition coefficient (Wildman–Crippen LogP) is 2.62. The van der Waals surface area contributed by atoms with Crippen molar-refractivity contribution in [1.82, 2.24) is 20.0 Å². The third kappa shape index (κ3) is 6.27. The Hall–Kier alpha value is -3.10. The van der Waals surface area contributed by atoms with Gasteiger partial charge in [0.25, 0.3) is 0 Å². The number of nitrogens with one attached hydrogen (secondary N) is 2. The summed E-state index contributed by atoms with van der Waals surface area (Å²) in [6.45, 7) is 9.45. The van der Waals surface area contributed by atoms with E-state index in [1.54, 1.807) is 4.90 Å². The standard InChI is InChI=1S/C26H35N5O3/c1-20(2)31-12-11-27-24(18-31)25(32)29-13-15-30(16-14-29)26(33)28-22-9-6-10-23(17-22)34-19-21-7-4-3-5-8-21/h3-10,17,20,24,27H,11-16,18-19H2,1-2H3,(H,28,33)/t24-/m1/s1. The number of hydrogen-bond acceptors (Lipinski definition) is 5. The highest BCUT2D eigenvalue weighted by Crippen LogP contribution is 2.19. The van der Waals surface area contributed by atoms with Crippen LogP contribution in [0.4, 0.5) is 10.5 Å². The Bertz CT molecular complexity index is 960. The van der Waals surface area contributed by atoms with E-state index in [-0.39, 0.29) is 18.0 Å². The van der Waals surface area contributed by atoms with E-state index in [1.807, 2.05) is 59.5 Å². The van der Waals surface area contributed by atoms with E-state index in [4.69, 9.17) is 4.74 Å². The topological polar surface area (TPSA) is 77.2 Å². The van der Waals surface area contributed by atoms with Crippen molar-refractivity contribution in [3.63, 3.8) is 0 Å². The fourth-order valence-electron chi connectivity index (χ4n) is 4.36. The molecule has 2 saturated heterocycles. The molecule has 0 unspecified atom stereocenters. The van der Waals surface area contributed by atoms with Gasteiger partial charge in [-0.1, -0.05) is 36.4 Å². The van der Waals surface area contributed by atoms with Crippen molar-refractivity contribution in [3.05, 3.63) is 60.2 Å². The highest BCUT2D eigenvalue weighted by molar-refractivity contribution is 5.90. The number of urea groups is 1. The molecule has 2 fully saturated rings. The summed E-state index contributed by atoms with van der Waals surface area (Å²) in [6.07, 6.45) is 0. The Morgan fingerprint density at radius 3 is 2.47 bits per heavy atom. The van der Waals surface area contributed by atoms with Gasteiger partial charge in [0.2, 0.25) is 5.91 Å². The molecule has 2 aliphatic rings. The molecule has 8 nitrogen and oxygen atoms in total. The molecule has 2 aliphatic heterocycles. The number of rotatable bonds is 6. The molecule has 2 heterocycles.